The van der Waals surface area contributed by atoms with Crippen LogP contribution in [0.25, 0.3) is 0 Å². The zero-order valence-electron chi connectivity index (χ0n) is 8.37. The van der Waals surface area contributed by atoms with Crippen LogP contribution in [0.3, 0.4) is 0 Å². The van der Waals surface area contributed by atoms with E-state index < -0.39 is 5.97 Å². The number of carboxylic acid groups (broad SMARTS) is 1. The second kappa shape index (κ2) is 13.0. The van der Waals surface area contributed by atoms with Crippen molar-refractivity contribution < 1.29 is 30.0 Å². The summed E-state index contributed by atoms with van der Waals surface area (Å²) in [6, 6.07) is 0. The molecule has 0 aromatic heterocycles. The van der Waals surface area contributed by atoms with E-state index in [9.17, 15) is 0 Å². The van der Waals surface area contributed by atoms with Crippen molar-refractivity contribution in [3.8, 4) is 0 Å². The van der Waals surface area contributed by atoms with Crippen LogP contribution in [-0.4, -0.2) is 77.0 Å². The number of carboxylic acids is 1. The van der Waals surface area contributed by atoms with Crippen molar-refractivity contribution in [3.05, 3.63) is 0 Å². The largest absolute Gasteiger partial charge is 0.476 e. The smallest absolute Gasteiger partial charge is 0.368 e. The van der Waals surface area contributed by atoms with Gasteiger partial charge in [0.25, 0.3) is 0 Å². The van der Waals surface area contributed by atoms with Crippen LogP contribution in [0.1, 0.15) is 0 Å². The number of carbonyl (C=O) groups excluding carboxylic acids is 1. The minimum absolute atomic E-state index is 0.0694. The summed E-state index contributed by atoms with van der Waals surface area (Å²) in [7, 11) is 0. The molecule has 0 fully saturated rings. The van der Waals surface area contributed by atoms with E-state index in [1.807, 2.05) is 0 Å². The summed E-state index contributed by atoms with van der Waals surface area (Å²) >= 11 is 0. The van der Waals surface area contributed by atoms with Gasteiger partial charge in [-0.2, -0.15) is 0 Å². The molecule has 15 heavy (non-hydrogen) atoms. The minimum atomic E-state index is -1.43. The standard InChI is InChI=1S/C6H15NO3.C2H2O3/c8-4-1-7(2-5-9)3-6-10;3-1-2(4)5/h8-10H,1-6H2;1H,(H,4,5). The van der Waals surface area contributed by atoms with Crippen LogP contribution in [0.4, 0.5) is 0 Å². The average molecular weight is 223 g/mol. The topological polar surface area (TPSA) is 118 Å². The second-order valence-electron chi connectivity index (χ2n) is 2.47. The maximum Gasteiger partial charge on any atom is 0.368 e. The molecule has 7 heteroatoms. The number of aliphatic carboxylic acids is 1. The Morgan fingerprint density at radius 2 is 1.27 bits per heavy atom. The normalized spacial score (nSPS) is 9.33. The highest BCUT2D eigenvalue weighted by atomic mass is 16.4. The average Bonchev–Trinajstić information content (AvgIpc) is 2.20. The number of carbonyl (C=O) groups is 2. The van der Waals surface area contributed by atoms with Crippen LogP contribution in [0.5, 0.6) is 0 Å². The van der Waals surface area contributed by atoms with Gasteiger partial charge < -0.3 is 20.4 Å². The molecule has 4 N–H and O–H groups in total. The molecular formula is C8H17NO6. The number of aldehydes is 1. The Morgan fingerprint density at radius 1 is 1.00 bits per heavy atom. The molecule has 90 valence electrons. The third kappa shape index (κ3) is 15.7. The fraction of sp³-hybridized carbons (Fsp3) is 0.750. The summed E-state index contributed by atoms with van der Waals surface area (Å²) < 4.78 is 0. The van der Waals surface area contributed by atoms with Crippen LogP contribution in [0.15, 0.2) is 0 Å². The van der Waals surface area contributed by atoms with Crippen molar-refractivity contribution in [1.82, 2.24) is 4.90 Å². The quantitative estimate of drug-likeness (QED) is 0.279. The first-order valence-electron chi connectivity index (χ1n) is 4.35. The maximum atomic E-state index is 9.00. The van der Waals surface area contributed by atoms with E-state index in [1.165, 1.54) is 0 Å². The summed E-state index contributed by atoms with van der Waals surface area (Å²) in [6.07, 6.45) is -0.167. The highest BCUT2D eigenvalue weighted by Gasteiger charge is 2.00. The number of rotatable bonds is 7. The molecule has 0 rings (SSSR count). The SMILES string of the molecule is O=CC(=O)O.OCCN(CCO)CCO. The lowest BCUT2D eigenvalue weighted by atomic mass is 10.4. The van der Waals surface area contributed by atoms with E-state index in [2.05, 4.69) is 0 Å². The fourth-order valence-corrected chi connectivity index (χ4v) is 0.760. The molecule has 0 aliphatic rings. The van der Waals surface area contributed by atoms with Gasteiger partial charge >= 0.3 is 5.97 Å². The molecule has 0 aromatic rings. The number of aliphatic hydroxyl groups excluding tert-OH is 3. The molecule has 0 saturated carbocycles. The first-order chi connectivity index (χ1) is 7.12. The van der Waals surface area contributed by atoms with Gasteiger partial charge in [-0.25, -0.2) is 4.79 Å². The molecule has 0 aromatic carbocycles. The number of hydrogen-bond donors (Lipinski definition) is 4. The Labute approximate surface area is 87.6 Å². The number of hydrogen-bond acceptors (Lipinski definition) is 6. The van der Waals surface area contributed by atoms with Gasteiger partial charge in [0.15, 0.2) is 0 Å². The predicted molar refractivity (Wildman–Crippen MR) is 51.4 cm³/mol. The molecule has 0 amide bonds. The minimum Gasteiger partial charge on any atom is -0.476 e. The van der Waals surface area contributed by atoms with Gasteiger partial charge in [0, 0.05) is 19.6 Å². The van der Waals surface area contributed by atoms with Crippen molar-refractivity contribution >= 4 is 12.3 Å². The fourth-order valence-electron chi connectivity index (χ4n) is 0.760. The predicted octanol–water partition coefficient (Wildman–Crippen LogP) is -2.46. The Kier molecular flexibility index (Phi) is 14.2. The van der Waals surface area contributed by atoms with Crippen molar-refractivity contribution in [2.24, 2.45) is 0 Å². The van der Waals surface area contributed by atoms with Crippen molar-refractivity contribution in [3.63, 3.8) is 0 Å². The molecule has 7 nitrogen and oxygen atoms in total. The molecule has 0 spiro atoms. The van der Waals surface area contributed by atoms with Crippen molar-refractivity contribution in [2.45, 2.75) is 0 Å². The van der Waals surface area contributed by atoms with E-state index in [0.717, 1.165) is 0 Å². The van der Waals surface area contributed by atoms with Gasteiger partial charge in [-0.05, 0) is 0 Å². The van der Waals surface area contributed by atoms with E-state index in [0.29, 0.717) is 19.6 Å². The molecule has 0 heterocycles. The van der Waals surface area contributed by atoms with Gasteiger partial charge in [0.05, 0.1) is 19.8 Å². The van der Waals surface area contributed by atoms with Crippen LogP contribution < -0.4 is 0 Å². The highest BCUT2D eigenvalue weighted by Crippen LogP contribution is 1.84. The molecule has 0 saturated heterocycles. The maximum absolute atomic E-state index is 9.00. The molecule has 0 aliphatic carbocycles. The summed E-state index contributed by atoms with van der Waals surface area (Å²) in [6.45, 7) is 1.75. The number of aliphatic hydroxyl groups is 3. The zero-order valence-corrected chi connectivity index (χ0v) is 8.37. The van der Waals surface area contributed by atoms with Crippen LogP contribution >= 0.6 is 0 Å². The molecule has 0 unspecified atom stereocenters. The lowest BCUT2D eigenvalue weighted by molar-refractivity contribution is -0.143. The molecule has 0 bridgehead atoms. The summed E-state index contributed by atoms with van der Waals surface area (Å²) in [4.78, 5) is 19.7. The summed E-state index contributed by atoms with van der Waals surface area (Å²) in [5, 5.41) is 32.8. The van der Waals surface area contributed by atoms with Gasteiger partial charge in [0.2, 0.25) is 6.29 Å². The van der Waals surface area contributed by atoms with Crippen molar-refractivity contribution in [1.29, 1.82) is 0 Å². The Hall–Kier alpha value is -1.02. The first-order valence-corrected chi connectivity index (χ1v) is 4.35. The summed E-state index contributed by atoms with van der Waals surface area (Å²) in [5.74, 6) is -1.43. The lowest BCUT2D eigenvalue weighted by Crippen LogP contribution is -2.32. The number of nitrogens with zero attached hydrogens (tertiary/aromatic N) is 1. The molecule has 0 radical (unpaired) electrons. The van der Waals surface area contributed by atoms with Gasteiger partial charge in [-0.1, -0.05) is 0 Å². The monoisotopic (exact) mass is 223 g/mol. The van der Waals surface area contributed by atoms with E-state index in [4.69, 9.17) is 30.0 Å². The van der Waals surface area contributed by atoms with Crippen molar-refractivity contribution in [2.75, 3.05) is 39.5 Å². The van der Waals surface area contributed by atoms with Gasteiger partial charge in [-0.3, -0.25) is 9.69 Å². The summed E-state index contributed by atoms with van der Waals surface area (Å²) in [5.41, 5.74) is 0. The second-order valence-corrected chi connectivity index (χ2v) is 2.47. The molecular weight excluding hydrogens is 206 g/mol. The molecule has 0 aliphatic heterocycles. The van der Waals surface area contributed by atoms with Gasteiger partial charge in [0.1, 0.15) is 0 Å². The van der Waals surface area contributed by atoms with E-state index >= 15 is 0 Å². The van der Waals surface area contributed by atoms with Gasteiger partial charge in [-0.15, -0.1) is 0 Å². The zero-order chi connectivity index (χ0) is 12.1. The first kappa shape index (κ1) is 16.4. The Balaban J connectivity index is 0. The third-order valence-corrected chi connectivity index (χ3v) is 1.35. The van der Waals surface area contributed by atoms with Crippen LogP contribution in [0, 0.1) is 0 Å². The van der Waals surface area contributed by atoms with Crippen LogP contribution in [0.2, 0.25) is 0 Å². The Morgan fingerprint density at radius 3 is 1.40 bits per heavy atom. The highest BCUT2D eigenvalue weighted by molar-refractivity contribution is 6.19. The third-order valence-electron chi connectivity index (χ3n) is 1.35. The van der Waals surface area contributed by atoms with E-state index in [1.54, 1.807) is 4.90 Å². The Bertz CT molecular complexity index is 149. The molecule has 0 atom stereocenters. The lowest BCUT2D eigenvalue weighted by Gasteiger charge is -2.17. The van der Waals surface area contributed by atoms with Crippen LogP contribution in [-0.2, 0) is 9.59 Å². The van der Waals surface area contributed by atoms with E-state index in [-0.39, 0.29) is 26.1 Å².